The van der Waals surface area contributed by atoms with Gasteiger partial charge in [-0.3, -0.25) is 4.90 Å². The van der Waals surface area contributed by atoms with Gasteiger partial charge in [0.2, 0.25) is 0 Å². The van der Waals surface area contributed by atoms with E-state index in [1.54, 1.807) is 12.0 Å². The Morgan fingerprint density at radius 1 is 1.09 bits per heavy atom. The van der Waals surface area contributed by atoms with Crippen LogP contribution in [0.1, 0.15) is 73.9 Å². The quantitative estimate of drug-likeness (QED) is 0.454. The molecular weight excluding hydrogens is 400 g/mol. The van der Waals surface area contributed by atoms with Gasteiger partial charge in [-0.2, -0.15) is 0 Å². The molecule has 0 aliphatic heterocycles. The smallest absolute Gasteiger partial charge is 0.408 e. The van der Waals surface area contributed by atoms with E-state index in [0.717, 1.165) is 55.5 Å². The van der Waals surface area contributed by atoms with Crippen molar-refractivity contribution >= 4 is 11.8 Å². The predicted octanol–water partition coefficient (Wildman–Crippen LogP) is 6.19. The van der Waals surface area contributed by atoms with Gasteiger partial charge in [0, 0.05) is 25.9 Å². The van der Waals surface area contributed by atoms with Crippen LogP contribution in [-0.2, 0) is 30.7 Å². The van der Waals surface area contributed by atoms with Crippen molar-refractivity contribution in [1.82, 2.24) is 4.90 Å². The molecular formula is C27H38N2O3. The first kappa shape index (κ1) is 24.1. The molecule has 0 heterocycles. The fourth-order valence-electron chi connectivity index (χ4n) is 4.82. The molecule has 1 amide bonds. The minimum absolute atomic E-state index is 0.254. The van der Waals surface area contributed by atoms with Crippen molar-refractivity contribution in [2.45, 2.75) is 72.1 Å². The molecule has 1 N–H and O–H groups in total. The third kappa shape index (κ3) is 5.63. The van der Waals surface area contributed by atoms with Crippen molar-refractivity contribution in [3.05, 3.63) is 64.2 Å². The maximum atomic E-state index is 12.4. The Kier molecular flexibility index (Phi) is 8.57. The molecule has 0 saturated heterocycles. The van der Waals surface area contributed by atoms with Gasteiger partial charge in [0.05, 0.1) is 19.2 Å². The highest BCUT2D eigenvalue weighted by Gasteiger charge is 2.25. The number of carboxylic acid groups (broad SMARTS) is 1. The number of methoxy groups -OCH3 is 1. The fraction of sp³-hybridized carbons (Fsp3) is 0.519. The molecule has 5 nitrogen and oxygen atoms in total. The molecule has 0 fully saturated rings. The summed E-state index contributed by atoms with van der Waals surface area (Å²) in [5.41, 5.74) is 7.19. The van der Waals surface area contributed by atoms with Gasteiger partial charge < -0.3 is 14.7 Å². The summed E-state index contributed by atoms with van der Waals surface area (Å²) in [6.45, 7) is 9.26. The van der Waals surface area contributed by atoms with E-state index in [2.05, 4.69) is 30.9 Å². The van der Waals surface area contributed by atoms with Crippen molar-refractivity contribution < 1.29 is 14.6 Å². The zero-order valence-corrected chi connectivity index (χ0v) is 20.1. The highest BCUT2D eigenvalue weighted by Crippen LogP contribution is 2.34. The van der Waals surface area contributed by atoms with E-state index < -0.39 is 6.09 Å². The number of nitrogens with zero attached hydrogens (tertiary/aromatic N) is 2. The number of carbonyl (C=O) groups is 1. The topological polar surface area (TPSA) is 53.0 Å². The fourth-order valence-corrected chi connectivity index (χ4v) is 4.82. The number of aryl methyl sites for hydroxylation is 2. The van der Waals surface area contributed by atoms with Gasteiger partial charge >= 0.3 is 6.09 Å². The molecule has 174 valence electrons. The average Bonchev–Trinajstić information content (AvgIpc) is 3.24. The Bertz CT molecular complexity index is 906. The number of hydrogen-bond acceptors (Lipinski definition) is 3. The van der Waals surface area contributed by atoms with E-state index >= 15 is 0 Å². The van der Waals surface area contributed by atoms with Gasteiger partial charge in [-0.25, -0.2) is 4.79 Å². The first-order chi connectivity index (χ1) is 15.5. The summed E-state index contributed by atoms with van der Waals surface area (Å²) in [6, 6.07) is 12.4. The average molecular weight is 439 g/mol. The molecule has 0 aromatic heterocycles. The molecule has 32 heavy (non-hydrogen) atoms. The minimum atomic E-state index is -0.890. The van der Waals surface area contributed by atoms with E-state index in [0.29, 0.717) is 13.2 Å². The predicted molar refractivity (Wildman–Crippen MR) is 130 cm³/mol. The molecule has 5 heteroatoms. The Morgan fingerprint density at radius 2 is 1.78 bits per heavy atom. The van der Waals surface area contributed by atoms with Crippen molar-refractivity contribution in [2.24, 2.45) is 0 Å². The Morgan fingerprint density at radius 3 is 2.41 bits per heavy atom. The van der Waals surface area contributed by atoms with Crippen LogP contribution >= 0.6 is 0 Å². The Hall–Kier alpha value is -2.53. The second kappa shape index (κ2) is 11.4. The highest BCUT2D eigenvalue weighted by atomic mass is 16.5. The molecule has 0 saturated carbocycles. The van der Waals surface area contributed by atoms with Gasteiger partial charge in [0.15, 0.2) is 0 Å². The van der Waals surface area contributed by atoms with E-state index in [-0.39, 0.29) is 6.04 Å². The van der Waals surface area contributed by atoms with Crippen LogP contribution in [0.25, 0.3) is 0 Å². The molecule has 1 atom stereocenters. The SMILES string of the molecule is CCCN(CCC)c1cc2c(cc1CN(C(=O)O)C(C)c1cccc(COC)c1)CCC2. The standard InChI is InChI=1S/C27H38N2O3/c1-5-13-28(14-6-2)26-17-24-12-8-11-23(24)16-25(26)18-29(27(30)31)20(3)22-10-7-9-21(15-22)19-32-4/h7,9-10,15-17,20H,5-6,8,11-14,18-19H2,1-4H3,(H,30,31). The number of fused-ring (bicyclic) bond motifs is 1. The summed E-state index contributed by atoms with van der Waals surface area (Å²) < 4.78 is 5.26. The number of benzene rings is 2. The number of amides is 1. The van der Waals surface area contributed by atoms with Crippen LogP contribution in [0.2, 0.25) is 0 Å². The maximum absolute atomic E-state index is 12.4. The zero-order chi connectivity index (χ0) is 23.1. The minimum Gasteiger partial charge on any atom is -0.465 e. The first-order valence-corrected chi connectivity index (χ1v) is 11.9. The van der Waals surface area contributed by atoms with Crippen LogP contribution in [0.15, 0.2) is 36.4 Å². The lowest BCUT2D eigenvalue weighted by molar-refractivity contribution is 0.124. The Labute approximate surface area is 193 Å². The Balaban J connectivity index is 1.96. The molecule has 2 aromatic rings. The summed E-state index contributed by atoms with van der Waals surface area (Å²) in [6.07, 6.45) is 4.65. The van der Waals surface area contributed by atoms with Gasteiger partial charge in [-0.05, 0) is 72.9 Å². The van der Waals surface area contributed by atoms with E-state index in [1.807, 2.05) is 31.2 Å². The van der Waals surface area contributed by atoms with Gasteiger partial charge in [-0.15, -0.1) is 0 Å². The highest BCUT2D eigenvalue weighted by molar-refractivity contribution is 5.67. The molecule has 0 spiro atoms. The summed E-state index contributed by atoms with van der Waals surface area (Å²) in [5, 5.41) is 10.2. The molecule has 3 rings (SSSR count). The number of anilines is 1. The lowest BCUT2D eigenvalue weighted by Gasteiger charge is -2.32. The van der Waals surface area contributed by atoms with Crippen LogP contribution in [0, 0.1) is 0 Å². The van der Waals surface area contributed by atoms with E-state index in [9.17, 15) is 9.90 Å². The molecule has 1 aliphatic rings. The van der Waals surface area contributed by atoms with Gasteiger partial charge in [-0.1, -0.05) is 44.2 Å². The molecule has 2 aromatic carbocycles. The monoisotopic (exact) mass is 438 g/mol. The lowest BCUT2D eigenvalue weighted by Crippen LogP contribution is -2.33. The summed E-state index contributed by atoms with van der Waals surface area (Å²) >= 11 is 0. The van der Waals surface area contributed by atoms with Crippen LogP contribution in [0.5, 0.6) is 0 Å². The van der Waals surface area contributed by atoms with E-state index in [1.165, 1.54) is 23.2 Å². The summed E-state index contributed by atoms with van der Waals surface area (Å²) in [4.78, 5) is 16.4. The molecule has 1 unspecified atom stereocenters. The number of ether oxygens (including phenoxy) is 1. The molecule has 0 bridgehead atoms. The van der Waals surface area contributed by atoms with Crippen LogP contribution in [0.3, 0.4) is 0 Å². The van der Waals surface area contributed by atoms with Crippen LogP contribution < -0.4 is 4.90 Å². The third-order valence-corrected chi connectivity index (χ3v) is 6.42. The summed E-state index contributed by atoms with van der Waals surface area (Å²) in [7, 11) is 1.67. The zero-order valence-electron chi connectivity index (χ0n) is 20.1. The van der Waals surface area contributed by atoms with Crippen molar-refractivity contribution in [3.8, 4) is 0 Å². The van der Waals surface area contributed by atoms with E-state index in [4.69, 9.17) is 4.74 Å². The van der Waals surface area contributed by atoms with Gasteiger partial charge in [0.25, 0.3) is 0 Å². The van der Waals surface area contributed by atoms with Crippen molar-refractivity contribution in [1.29, 1.82) is 0 Å². The van der Waals surface area contributed by atoms with Crippen LogP contribution in [-0.4, -0.2) is 36.3 Å². The van der Waals surface area contributed by atoms with Gasteiger partial charge in [0.1, 0.15) is 0 Å². The molecule has 1 aliphatic carbocycles. The number of rotatable bonds is 11. The molecule has 0 radical (unpaired) electrons. The first-order valence-electron chi connectivity index (χ1n) is 11.9. The van der Waals surface area contributed by atoms with Crippen molar-refractivity contribution in [3.63, 3.8) is 0 Å². The van der Waals surface area contributed by atoms with Crippen molar-refractivity contribution in [2.75, 3.05) is 25.1 Å². The van der Waals surface area contributed by atoms with Crippen LogP contribution in [0.4, 0.5) is 10.5 Å². The third-order valence-electron chi connectivity index (χ3n) is 6.42. The number of hydrogen-bond donors (Lipinski definition) is 1. The summed E-state index contributed by atoms with van der Waals surface area (Å²) in [5.74, 6) is 0. The second-order valence-electron chi connectivity index (χ2n) is 8.85. The lowest BCUT2D eigenvalue weighted by atomic mass is 10.00. The largest absolute Gasteiger partial charge is 0.465 e. The second-order valence-corrected chi connectivity index (χ2v) is 8.85. The normalized spacial score (nSPS) is 13.6. The maximum Gasteiger partial charge on any atom is 0.408 e.